The van der Waals surface area contributed by atoms with Crippen molar-refractivity contribution in [2.45, 2.75) is 45.4 Å². The number of aryl methyl sites for hydroxylation is 2. The zero-order chi connectivity index (χ0) is 17.2. The smallest absolute Gasteiger partial charge is 0.257 e. The van der Waals surface area contributed by atoms with Crippen LogP contribution in [0.25, 0.3) is 0 Å². The number of rotatable bonds is 3. The SMILES string of the molecule is CC1=NN(c2ccc(C(=O)Nc3nc4c(s3)CCCCC4)cc2)CC1. The number of carbonyl (C=O) groups is 1. The Kier molecular flexibility index (Phi) is 4.53. The fourth-order valence-corrected chi connectivity index (χ4v) is 4.34. The molecule has 0 saturated carbocycles. The van der Waals surface area contributed by atoms with Crippen molar-refractivity contribution >= 4 is 33.8 Å². The monoisotopic (exact) mass is 354 g/mol. The van der Waals surface area contributed by atoms with Crippen molar-refractivity contribution in [3.05, 3.63) is 40.4 Å². The molecule has 2 aromatic rings. The van der Waals surface area contributed by atoms with E-state index in [4.69, 9.17) is 0 Å². The Balaban J connectivity index is 1.44. The summed E-state index contributed by atoms with van der Waals surface area (Å²) in [5.41, 5.74) is 3.99. The van der Waals surface area contributed by atoms with Crippen molar-refractivity contribution in [3.63, 3.8) is 0 Å². The highest BCUT2D eigenvalue weighted by Gasteiger charge is 2.17. The predicted molar refractivity (Wildman–Crippen MR) is 103 cm³/mol. The van der Waals surface area contributed by atoms with Crippen LogP contribution < -0.4 is 10.3 Å². The van der Waals surface area contributed by atoms with Gasteiger partial charge in [-0.25, -0.2) is 4.98 Å². The lowest BCUT2D eigenvalue weighted by Crippen LogP contribution is -2.14. The fraction of sp³-hybridized carbons (Fsp3) is 0.421. The third kappa shape index (κ3) is 3.58. The molecule has 0 fully saturated rings. The van der Waals surface area contributed by atoms with E-state index < -0.39 is 0 Å². The first kappa shape index (κ1) is 16.3. The number of hydrogen-bond acceptors (Lipinski definition) is 5. The summed E-state index contributed by atoms with van der Waals surface area (Å²) < 4.78 is 0. The van der Waals surface area contributed by atoms with Gasteiger partial charge in [-0.05, 0) is 56.9 Å². The molecule has 4 rings (SSSR count). The number of thiazole rings is 1. The summed E-state index contributed by atoms with van der Waals surface area (Å²) in [4.78, 5) is 18.5. The first-order chi connectivity index (χ1) is 12.2. The minimum Gasteiger partial charge on any atom is -0.298 e. The zero-order valence-corrected chi connectivity index (χ0v) is 15.2. The van der Waals surface area contributed by atoms with Crippen LogP contribution in [0.5, 0.6) is 0 Å². The van der Waals surface area contributed by atoms with Crippen molar-refractivity contribution in [1.29, 1.82) is 0 Å². The minimum atomic E-state index is -0.100. The van der Waals surface area contributed by atoms with Gasteiger partial charge in [-0.15, -0.1) is 11.3 Å². The molecule has 1 aromatic carbocycles. The highest BCUT2D eigenvalue weighted by molar-refractivity contribution is 7.15. The predicted octanol–water partition coefficient (Wildman–Crippen LogP) is 4.25. The molecule has 1 aliphatic carbocycles. The molecule has 0 unspecified atom stereocenters. The molecule has 2 aliphatic rings. The van der Waals surface area contributed by atoms with Gasteiger partial charge in [0.25, 0.3) is 5.91 Å². The number of anilines is 2. The van der Waals surface area contributed by atoms with Gasteiger partial charge in [-0.3, -0.25) is 15.1 Å². The van der Waals surface area contributed by atoms with Gasteiger partial charge in [-0.1, -0.05) is 6.42 Å². The molecule has 6 heteroatoms. The van der Waals surface area contributed by atoms with Crippen LogP contribution in [0.2, 0.25) is 0 Å². The van der Waals surface area contributed by atoms with E-state index in [1.54, 1.807) is 11.3 Å². The lowest BCUT2D eigenvalue weighted by atomic mass is 10.2. The number of carbonyl (C=O) groups excluding carboxylic acids is 1. The Bertz CT molecular complexity index is 786. The summed E-state index contributed by atoms with van der Waals surface area (Å²) in [5.74, 6) is -0.100. The number of benzene rings is 1. The standard InChI is InChI=1S/C19H22N4OS/c1-13-11-12-23(22-13)15-9-7-14(8-10-15)18(24)21-19-20-16-5-3-2-4-6-17(16)25-19/h7-10H,2-6,11-12H2,1H3,(H,20,21,24). The molecule has 25 heavy (non-hydrogen) atoms. The highest BCUT2D eigenvalue weighted by atomic mass is 32.1. The van der Waals surface area contributed by atoms with Crippen LogP contribution in [0.3, 0.4) is 0 Å². The fourth-order valence-electron chi connectivity index (χ4n) is 3.30. The second-order valence-corrected chi connectivity index (χ2v) is 7.74. The summed E-state index contributed by atoms with van der Waals surface area (Å²) in [5, 5.41) is 10.2. The van der Waals surface area contributed by atoms with Crippen molar-refractivity contribution in [2.75, 3.05) is 16.9 Å². The first-order valence-corrected chi connectivity index (χ1v) is 9.72. The number of fused-ring (bicyclic) bond motifs is 1. The topological polar surface area (TPSA) is 57.6 Å². The molecule has 0 radical (unpaired) electrons. The van der Waals surface area contributed by atoms with Crippen LogP contribution >= 0.6 is 11.3 Å². The van der Waals surface area contributed by atoms with Crippen LogP contribution in [0.1, 0.15) is 53.5 Å². The summed E-state index contributed by atoms with van der Waals surface area (Å²) in [7, 11) is 0. The van der Waals surface area contributed by atoms with Gasteiger partial charge in [0.15, 0.2) is 5.13 Å². The van der Waals surface area contributed by atoms with E-state index in [0.717, 1.165) is 42.3 Å². The highest BCUT2D eigenvalue weighted by Crippen LogP contribution is 2.29. The minimum absolute atomic E-state index is 0.100. The zero-order valence-electron chi connectivity index (χ0n) is 14.4. The van der Waals surface area contributed by atoms with Gasteiger partial charge in [0, 0.05) is 29.1 Å². The molecule has 1 N–H and O–H groups in total. The number of aromatic nitrogens is 1. The molecule has 0 saturated heterocycles. The lowest BCUT2D eigenvalue weighted by Gasteiger charge is -2.13. The number of nitrogens with zero attached hydrogens (tertiary/aromatic N) is 3. The van der Waals surface area contributed by atoms with E-state index in [1.165, 1.54) is 29.8 Å². The third-order valence-corrected chi connectivity index (χ3v) is 5.79. The Morgan fingerprint density at radius 1 is 1.12 bits per heavy atom. The van der Waals surface area contributed by atoms with Gasteiger partial charge in [-0.2, -0.15) is 5.10 Å². The molecule has 0 bridgehead atoms. The van der Waals surface area contributed by atoms with Gasteiger partial charge in [0.2, 0.25) is 0 Å². The quantitative estimate of drug-likeness (QED) is 0.838. The Labute approximate surface area is 151 Å². The summed E-state index contributed by atoms with van der Waals surface area (Å²) in [6, 6.07) is 7.61. The Morgan fingerprint density at radius 3 is 2.68 bits per heavy atom. The van der Waals surface area contributed by atoms with Crippen LogP contribution in [0, 0.1) is 0 Å². The Morgan fingerprint density at radius 2 is 1.92 bits per heavy atom. The third-order valence-electron chi connectivity index (χ3n) is 4.72. The average molecular weight is 354 g/mol. The molecule has 1 aliphatic heterocycles. The lowest BCUT2D eigenvalue weighted by molar-refractivity contribution is 0.102. The molecule has 2 heterocycles. The van der Waals surface area contributed by atoms with E-state index in [0.29, 0.717) is 5.56 Å². The van der Waals surface area contributed by atoms with E-state index >= 15 is 0 Å². The van der Waals surface area contributed by atoms with E-state index in [1.807, 2.05) is 36.2 Å². The van der Waals surface area contributed by atoms with E-state index in [9.17, 15) is 4.79 Å². The van der Waals surface area contributed by atoms with Crippen LogP contribution in [-0.2, 0) is 12.8 Å². The maximum atomic E-state index is 12.5. The summed E-state index contributed by atoms with van der Waals surface area (Å²) in [6.07, 6.45) is 6.82. The van der Waals surface area contributed by atoms with Crippen molar-refractivity contribution in [2.24, 2.45) is 5.10 Å². The number of nitrogens with one attached hydrogen (secondary N) is 1. The van der Waals surface area contributed by atoms with E-state index in [-0.39, 0.29) is 5.91 Å². The largest absolute Gasteiger partial charge is 0.298 e. The van der Waals surface area contributed by atoms with Gasteiger partial charge >= 0.3 is 0 Å². The maximum absolute atomic E-state index is 12.5. The molecular weight excluding hydrogens is 332 g/mol. The van der Waals surface area contributed by atoms with E-state index in [2.05, 4.69) is 15.4 Å². The van der Waals surface area contributed by atoms with Gasteiger partial charge < -0.3 is 0 Å². The molecule has 5 nitrogen and oxygen atoms in total. The van der Waals surface area contributed by atoms with Crippen LogP contribution in [0.15, 0.2) is 29.4 Å². The van der Waals surface area contributed by atoms with Crippen LogP contribution in [0.4, 0.5) is 10.8 Å². The maximum Gasteiger partial charge on any atom is 0.257 e. The van der Waals surface area contributed by atoms with Crippen LogP contribution in [-0.4, -0.2) is 23.1 Å². The molecule has 0 atom stereocenters. The Hall–Kier alpha value is -2.21. The summed E-state index contributed by atoms with van der Waals surface area (Å²) >= 11 is 1.63. The number of hydrogen-bond donors (Lipinski definition) is 1. The first-order valence-electron chi connectivity index (χ1n) is 8.91. The van der Waals surface area contributed by atoms with Crippen molar-refractivity contribution in [3.8, 4) is 0 Å². The van der Waals surface area contributed by atoms with Gasteiger partial charge in [0.1, 0.15) is 0 Å². The van der Waals surface area contributed by atoms with Crippen molar-refractivity contribution < 1.29 is 4.79 Å². The molecular formula is C19H22N4OS. The van der Waals surface area contributed by atoms with Crippen molar-refractivity contribution in [1.82, 2.24) is 4.98 Å². The average Bonchev–Trinajstić information content (AvgIpc) is 3.15. The molecule has 0 spiro atoms. The van der Waals surface area contributed by atoms with Gasteiger partial charge in [0.05, 0.1) is 11.4 Å². The normalized spacial score (nSPS) is 17.0. The summed E-state index contributed by atoms with van der Waals surface area (Å²) in [6.45, 7) is 2.94. The molecule has 1 amide bonds. The second-order valence-electron chi connectivity index (χ2n) is 6.66. The number of amides is 1. The number of hydrazone groups is 1. The molecule has 1 aromatic heterocycles. The molecule has 130 valence electrons. The second kappa shape index (κ2) is 6.96.